The van der Waals surface area contributed by atoms with E-state index in [1.165, 1.54) is 0 Å². The number of hydrogen-bond donors (Lipinski definition) is 0. The summed E-state index contributed by atoms with van der Waals surface area (Å²) < 4.78 is 0. The van der Waals surface area contributed by atoms with Crippen LogP contribution in [-0.2, 0) is 0 Å². The standard InChI is InChI=1S/C10H14/c1-4-6-7-8-9-10(3)5-2/h4,6-9H,1,3,5H2,2H3. The first kappa shape index (κ1) is 8.96. The Kier molecular flexibility index (Phi) is 5.45. The van der Waals surface area contributed by atoms with E-state index in [9.17, 15) is 0 Å². The Hall–Kier alpha value is -1.04. The number of rotatable bonds is 4. The van der Waals surface area contributed by atoms with E-state index < -0.39 is 0 Å². The van der Waals surface area contributed by atoms with Crippen molar-refractivity contribution in [2.24, 2.45) is 0 Å². The van der Waals surface area contributed by atoms with Crippen LogP contribution in [0.15, 0.2) is 49.1 Å². The second-order valence-corrected chi connectivity index (χ2v) is 1.99. The minimum Gasteiger partial charge on any atom is -0.0991 e. The third-order valence-electron chi connectivity index (χ3n) is 1.14. The van der Waals surface area contributed by atoms with Gasteiger partial charge in [-0.1, -0.05) is 56.0 Å². The lowest BCUT2D eigenvalue weighted by Gasteiger charge is -1.86. The second-order valence-electron chi connectivity index (χ2n) is 1.99. The van der Waals surface area contributed by atoms with E-state index in [1.54, 1.807) is 6.08 Å². The summed E-state index contributed by atoms with van der Waals surface area (Å²) in [4.78, 5) is 0. The minimum atomic E-state index is 1.01. The van der Waals surface area contributed by atoms with E-state index in [-0.39, 0.29) is 0 Å². The molecule has 0 aliphatic rings. The average molecular weight is 134 g/mol. The van der Waals surface area contributed by atoms with Gasteiger partial charge in [0.2, 0.25) is 0 Å². The van der Waals surface area contributed by atoms with E-state index >= 15 is 0 Å². The van der Waals surface area contributed by atoms with Crippen molar-refractivity contribution in [2.45, 2.75) is 13.3 Å². The molecular formula is C10H14. The average Bonchev–Trinajstić information content (AvgIpc) is 1.98. The SMILES string of the molecule is C=CC=CC=CC(=C)CC. The summed E-state index contributed by atoms with van der Waals surface area (Å²) >= 11 is 0. The Bertz CT molecular complexity index is 159. The molecule has 0 N–H and O–H groups in total. The van der Waals surface area contributed by atoms with Crippen LogP contribution in [-0.4, -0.2) is 0 Å². The van der Waals surface area contributed by atoms with Crippen molar-refractivity contribution in [2.75, 3.05) is 0 Å². The maximum Gasteiger partial charge on any atom is -0.0313 e. The predicted molar refractivity (Wildman–Crippen MR) is 47.9 cm³/mol. The van der Waals surface area contributed by atoms with Crippen molar-refractivity contribution in [1.29, 1.82) is 0 Å². The Balaban J connectivity index is 3.65. The van der Waals surface area contributed by atoms with Crippen molar-refractivity contribution < 1.29 is 0 Å². The van der Waals surface area contributed by atoms with Crippen molar-refractivity contribution in [3.63, 3.8) is 0 Å². The van der Waals surface area contributed by atoms with E-state index in [1.807, 2.05) is 24.3 Å². The van der Waals surface area contributed by atoms with E-state index in [0.717, 1.165) is 12.0 Å². The molecule has 0 aliphatic heterocycles. The summed E-state index contributed by atoms with van der Waals surface area (Å²) in [5, 5.41) is 0. The third-order valence-corrected chi connectivity index (χ3v) is 1.14. The fraction of sp³-hybridized carbons (Fsp3) is 0.200. The molecule has 0 saturated carbocycles. The molecule has 0 aromatic carbocycles. The number of hydrogen-bond acceptors (Lipinski definition) is 0. The van der Waals surface area contributed by atoms with Gasteiger partial charge in [-0.05, 0) is 6.42 Å². The topological polar surface area (TPSA) is 0 Å². The normalized spacial score (nSPS) is 10.9. The van der Waals surface area contributed by atoms with Crippen molar-refractivity contribution >= 4 is 0 Å². The van der Waals surface area contributed by atoms with Gasteiger partial charge in [-0.2, -0.15) is 0 Å². The Morgan fingerprint density at radius 2 is 2.00 bits per heavy atom. The van der Waals surface area contributed by atoms with Crippen LogP contribution >= 0.6 is 0 Å². The molecule has 0 aromatic rings. The van der Waals surface area contributed by atoms with Crippen LogP contribution in [0, 0.1) is 0 Å². The third kappa shape index (κ3) is 5.10. The Labute approximate surface area is 63.3 Å². The molecule has 0 saturated heterocycles. The molecule has 0 aliphatic carbocycles. The summed E-state index contributed by atoms with van der Waals surface area (Å²) in [6.45, 7) is 9.47. The van der Waals surface area contributed by atoms with Gasteiger partial charge in [0.15, 0.2) is 0 Å². The Morgan fingerprint density at radius 1 is 1.30 bits per heavy atom. The quantitative estimate of drug-likeness (QED) is 0.518. The van der Waals surface area contributed by atoms with Crippen molar-refractivity contribution in [3.8, 4) is 0 Å². The Morgan fingerprint density at radius 3 is 2.50 bits per heavy atom. The van der Waals surface area contributed by atoms with Crippen LogP contribution in [0.3, 0.4) is 0 Å². The highest BCUT2D eigenvalue weighted by Crippen LogP contribution is 1.97. The van der Waals surface area contributed by atoms with Gasteiger partial charge < -0.3 is 0 Å². The maximum atomic E-state index is 3.82. The fourth-order valence-corrected chi connectivity index (χ4v) is 0.452. The van der Waals surface area contributed by atoms with Crippen LogP contribution in [0.25, 0.3) is 0 Å². The highest BCUT2D eigenvalue weighted by atomic mass is 13.8. The van der Waals surface area contributed by atoms with Gasteiger partial charge in [-0.25, -0.2) is 0 Å². The first-order chi connectivity index (χ1) is 4.81. The van der Waals surface area contributed by atoms with Gasteiger partial charge >= 0.3 is 0 Å². The zero-order valence-electron chi connectivity index (χ0n) is 6.51. The van der Waals surface area contributed by atoms with Crippen LogP contribution in [0.4, 0.5) is 0 Å². The summed E-state index contributed by atoms with van der Waals surface area (Å²) in [5.41, 5.74) is 1.15. The molecular weight excluding hydrogens is 120 g/mol. The van der Waals surface area contributed by atoms with Gasteiger partial charge in [0.1, 0.15) is 0 Å². The minimum absolute atomic E-state index is 1.01. The molecule has 54 valence electrons. The first-order valence-corrected chi connectivity index (χ1v) is 3.44. The molecule has 0 bridgehead atoms. The molecule has 0 atom stereocenters. The van der Waals surface area contributed by atoms with Gasteiger partial charge in [0.25, 0.3) is 0 Å². The first-order valence-electron chi connectivity index (χ1n) is 3.44. The van der Waals surface area contributed by atoms with Crippen LogP contribution in [0.1, 0.15) is 13.3 Å². The monoisotopic (exact) mass is 134 g/mol. The zero-order chi connectivity index (χ0) is 7.82. The molecule has 10 heavy (non-hydrogen) atoms. The van der Waals surface area contributed by atoms with E-state index in [0.29, 0.717) is 0 Å². The molecule has 0 spiro atoms. The fourth-order valence-electron chi connectivity index (χ4n) is 0.452. The van der Waals surface area contributed by atoms with Gasteiger partial charge in [0, 0.05) is 0 Å². The molecule has 0 fully saturated rings. The molecule has 0 unspecified atom stereocenters. The van der Waals surface area contributed by atoms with Crippen LogP contribution in [0.5, 0.6) is 0 Å². The van der Waals surface area contributed by atoms with E-state index in [2.05, 4.69) is 20.1 Å². The molecule has 0 heterocycles. The van der Waals surface area contributed by atoms with Gasteiger partial charge in [0.05, 0.1) is 0 Å². The summed E-state index contributed by atoms with van der Waals surface area (Å²) in [7, 11) is 0. The maximum absolute atomic E-state index is 3.82. The molecule has 0 nitrogen and oxygen atoms in total. The summed E-state index contributed by atoms with van der Waals surface area (Å²) in [6.07, 6.45) is 10.6. The summed E-state index contributed by atoms with van der Waals surface area (Å²) in [5.74, 6) is 0. The largest absolute Gasteiger partial charge is 0.0991 e. The van der Waals surface area contributed by atoms with Gasteiger partial charge in [-0.15, -0.1) is 0 Å². The highest BCUT2D eigenvalue weighted by molar-refractivity contribution is 5.19. The molecule has 0 rings (SSSR count). The highest BCUT2D eigenvalue weighted by Gasteiger charge is 1.76. The lowest BCUT2D eigenvalue weighted by atomic mass is 10.2. The van der Waals surface area contributed by atoms with Crippen molar-refractivity contribution in [1.82, 2.24) is 0 Å². The predicted octanol–water partition coefficient (Wildman–Crippen LogP) is 3.25. The van der Waals surface area contributed by atoms with Crippen LogP contribution in [0.2, 0.25) is 0 Å². The second kappa shape index (κ2) is 6.09. The molecule has 0 heteroatoms. The molecule has 0 aromatic heterocycles. The van der Waals surface area contributed by atoms with E-state index in [4.69, 9.17) is 0 Å². The number of allylic oxidation sites excluding steroid dienone is 6. The molecule has 0 radical (unpaired) electrons. The smallest absolute Gasteiger partial charge is 0.0313 e. The zero-order valence-corrected chi connectivity index (χ0v) is 6.51. The van der Waals surface area contributed by atoms with Crippen molar-refractivity contribution in [3.05, 3.63) is 49.1 Å². The lowest BCUT2D eigenvalue weighted by Crippen LogP contribution is -1.66. The van der Waals surface area contributed by atoms with Gasteiger partial charge in [-0.3, -0.25) is 0 Å². The lowest BCUT2D eigenvalue weighted by molar-refractivity contribution is 1.16. The summed E-state index contributed by atoms with van der Waals surface area (Å²) in [6, 6.07) is 0. The van der Waals surface area contributed by atoms with Crippen LogP contribution < -0.4 is 0 Å². The molecule has 0 amide bonds.